The number of amides is 1. The van der Waals surface area contributed by atoms with Gasteiger partial charge in [0.1, 0.15) is 5.75 Å². The first-order valence-corrected chi connectivity index (χ1v) is 7.75. The highest BCUT2D eigenvalue weighted by Crippen LogP contribution is 2.28. The van der Waals surface area contributed by atoms with E-state index in [4.69, 9.17) is 0 Å². The summed E-state index contributed by atoms with van der Waals surface area (Å²) in [6, 6.07) is 7.37. The molecule has 1 saturated carbocycles. The van der Waals surface area contributed by atoms with Gasteiger partial charge in [-0.3, -0.25) is 4.79 Å². The van der Waals surface area contributed by atoms with Gasteiger partial charge in [0.25, 0.3) is 0 Å². The number of benzene rings is 1. The van der Waals surface area contributed by atoms with Crippen molar-refractivity contribution in [2.45, 2.75) is 12.8 Å². The van der Waals surface area contributed by atoms with Crippen LogP contribution >= 0.6 is 0 Å². The molecule has 0 bridgehead atoms. The fourth-order valence-electron chi connectivity index (χ4n) is 2.75. The monoisotopic (exact) mass is 289 g/mol. The van der Waals surface area contributed by atoms with E-state index in [9.17, 15) is 9.90 Å². The predicted molar refractivity (Wildman–Crippen MR) is 82.5 cm³/mol. The first kappa shape index (κ1) is 14.2. The van der Waals surface area contributed by atoms with Crippen molar-refractivity contribution in [2.24, 2.45) is 5.92 Å². The molecule has 1 heterocycles. The van der Waals surface area contributed by atoms with Gasteiger partial charge < -0.3 is 20.2 Å². The molecule has 5 nitrogen and oxygen atoms in total. The van der Waals surface area contributed by atoms with Gasteiger partial charge in [0, 0.05) is 26.2 Å². The highest BCUT2D eigenvalue weighted by Gasteiger charge is 2.24. The molecule has 2 aliphatic rings. The second kappa shape index (κ2) is 6.35. The first-order valence-electron chi connectivity index (χ1n) is 7.75. The topological polar surface area (TPSA) is 55.8 Å². The second-order valence-corrected chi connectivity index (χ2v) is 5.93. The summed E-state index contributed by atoms with van der Waals surface area (Å²) >= 11 is 0. The maximum Gasteiger partial charge on any atom is 0.236 e. The van der Waals surface area contributed by atoms with E-state index in [1.807, 2.05) is 23.1 Å². The normalized spacial score (nSPS) is 18.9. The minimum absolute atomic E-state index is 0.188. The molecule has 3 rings (SSSR count). The van der Waals surface area contributed by atoms with Crippen LogP contribution in [0.2, 0.25) is 0 Å². The van der Waals surface area contributed by atoms with Crippen LogP contribution in [0.4, 0.5) is 5.69 Å². The van der Waals surface area contributed by atoms with Crippen molar-refractivity contribution in [3.8, 4) is 5.75 Å². The Labute approximate surface area is 125 Å². The molecule has 21 heavy (non-hydrogen) atoms. The predicted octanol–water partition coefficient (Wildman–Crippen LogP) is 1.04. The zero-order valence-corrected chi connectivity index (χ0v) is 12.3. The van der Waals surface area contributed by atoms with E-state index >= 15 is 0 Å². The van der Waals surface area contributed by atoms with E-state index in [0.29, 0.717) is 12.3 Å². The van der Waals surface area contributed by atoms with Crippen molar-refractivity contribution < 1.29 is 9.90 Å². The van der Waals surface area contributed by atoms with E-state index in [0.717, 1.165) is 44.3 Å². The molecule has 2 fully saturated rings. The van der Waals surface area contributed by atoms with Crippen LogP contribution in [-0.4, -0.2) is 55.2 Å². The van der Waals surface area contributed by atoms with Crippen LogP contribution in [0.25, 0.3) is 0 Å². The summed E-state index contributed by atoms with van der Waals surface area (Å²) in [5.74, 6) is 1.30. The van der Waals surface area contributed by atoms with Gasteiger partial charge in [0.2, 0.25) is 5.91 Å². The lowest BCUT2D eigenvalue weighted by Crippen LogP contribution is -2.51. The summed E-state index contributed by atoms with van der Waals surface area (Å²) in [5.41, 5.74) is 0.858. The Kier molecular flexibility index (Phi) is 4.29. The summed E-state index contributed by atoms with van der Waals surface area (Å²) in [6.45, 7) is 4.41. The maximum atomic E-state index is 12.1. The Morgan fingerprint density at radius 1 is 1.19 bits per heavy atom. The molecule has 0 radical (unpaired) electrons. The van der Waals surface area contributed by atoms with Gasteiger partial charge in [-0.25, -0.2) is 0 Å². The highest BCUT2D eigenvalue weighted by atomic mass is 16.3. The fraction of sp³-hybridized carbons (Fsp3) is 0.562. The van der Waals surface area contributed by atoms with E-state index in [1.54, 1.807) is 6.07 Å². The smallest absolute Gasteiger partial charge is 0.236 e. The number of phenols is 1. The van der Waals surface area contributed by atoms with Crippen molar-refractivity contribution in [1.29, 1.82) is 0 Å². The molecule has 1 aliphatic heterocycles. The summed E-state index contributed by atoms with van der Waals surface area (Å²) < 4.78 is 0. The summed E-state index contributed by atoms with van der Waals surface area (Å²) in [5, 5.41) is 13.1. The van der Waals surface area contributed by atoms with E-state index < -0.39 is 0 Å². The Balaban J connectivity index is 1.45. The van der Waals surface area contributed by atoms with E-state index in [-0.39, 0.29) is 5.91 Å². The maximum absolute atomic E-state index is 12.1. The number of rotatable bonds is 5. The molecule has 1 saturated heterocycles. The van der Waals surface area contributed by atoms with Crippen LogP contribution in [0, 0.1) is 5.92 Å². The van der Waals surface area contributed by atoms with Gasteiger partial charge in [-0.1, -0.05) is 12.1 Å². The number of phenolic OH excluding ortho intramolecular Hbond substituents is 1. The Morgan fingerprint density at radius 2 is 1.90 bits per heavy atom. The number of aromatic hydroxyl groups is 1. The van der Waals surface area contributed by atoms with Crippen molar-refractivity contribution in [3.63, 3.8) is 0 Å². The SMILES string of the molecule is O=C(CNCC1CC1)N1CCN(c2ccccc2O)CC1. The molecule has 1 aliphatic carbocycles. The highest BCUT2D eigenvalue weighted by molar-refractivity contribution is 5.78. The Hall–Kier alpha value is -1.75. The van der Waals surface area contributed by atoms with Gasteiger partial charge in [0.15, 0.2) is 0 Å². The summed E-state index contributed by atoms with van der Waals surface area (Å²) in [7, 11) is 0. The minimum Gasteiger partial charge on any atom is -0.506 e. The molecular weight excluding hydrogens is 266 g/mol. The van der Waals surface area contributed by atoms with Crippen LogP contribution in [0.3, 0.4) is 0 Å². The van der Waals surface area contributed by atoms with Gasteiger partial charge in [-0.05, 0) is 37.4 Å². The molecule has 1 aromatic rings. The van der Waals surface area contributed by atoms with Crippen molar-refractivity contribution >= 4 is 11.6 Å². The third-order valence-corrected chi connectivity index (χ3v) is 4.26. The third kappa shape index (κ3) is 3.67. The number of carbonyl (C=O) groups excluding carboxylic acids is 1. The minimum atomic E-state index is 0.188. The number of hydrogen-bond acceptors (Lipinski definition) is 4. The van der Waals surface area contributed by atoms with E-state index in [2.05, 4.69) is 10.2 Å². The average Bonchev–Trinajstić information content (AvgIpc) is 3.32. The standard InChI is InChI=1S/C16H23N3O2/c20-15-4-2-1-3-14(15)18-7-9-19(10-8-18)16(21)12-17-11-13-5-6-13/h1-4,13,17,20H,5-12H2. The van der Waals surface area contributed by atoms with Gasteiger partial charge >= 0.3 is 0 Å². The fourth-order valence-corrected chi connectivity index (χ4v) is 2.75. The largest absolute Gasteiger partial charge is 0.506 e. The lowest BCUT2D eigenvalue weighted by molar-refractivity contribution is -0.130. The van der Waals surface area contributed by atoms with E-state index in [1.165, 1.54) is 12.8 Å². The zero-order chi connectivity index (χ0) is 14.7. The molecule has 0 unspecified atom stereocenters. The number of anilines is 1. The zero-order valence-electron chi connectivity index (χ0n) is 12.3. The summed E-state index contributed by atoms with van der Waals surface area (Å²) in [4.78, 5) is 16.2. The van der Waals surface area contributed by atoms with Crippen molar-refractivity contribution in [3.05, 3.63) is 24.3 Å². The quantitative estimate of drug-likeness (QED) is 0.850. The number of carbonyl (C=O) groups is 1. The van der Waals surface area contributed by atoms with Gasteiger partial charge in [-0.2, -0.15) is 0 Å². The molecular formula is C16H23N3O2. The first-order chi connectivity index (χ1) is 10.2. The number of para-hydroxylation sites is 2. The molecule has 0 aromatic heterocycles. The lowest BCUT2D eigenvalue weighted by atomic mass is 10.2. The van der Waals surface area contributed by atoms with Crippen LogP contribution in [0.15, 0.2) is 24.3 Å². The van der Waals surface area contributed by atoms with Crippen LogP contribution in [-0.2, 0) is 4.79 Å². The van der Waals surface area contributed by atoms with Gasteiger partial charge in [-0.15, -0.1) is 0 Å². The molecule has 5 heteroatoms. The van der Waals surface area contributed by atoms with Gasteiger partial charge in [0.05, 0.1) is 12.2 Å². The molecule has 0 spiro atoms. The number of hydrogen-bond donors (Lipinski definition) is 2. The second-order valence-electron chi connectivity index (χ2n) is 5.93. The molecule has 1 aromatic carbocycles. The molecule has 0 atom stereocenters. The Bertz CT molecular complexity index is 494. The van der Waals surface area contributed by atoms with Crippen molar-refractivity contribution in [2.75, 3.05) is 44.2 Å². The molecule has 1 amide bonds. The third-order valence-electron chi connectivity index (χ3n) is 4.26. The molecule has 2 N–H and O–H groups in total. The van der Waals surface area contributed by atoms with Crippen LogP contribution in [0.5, 0.6) is 5.75 Å². The van der Waals surface area contributed by atoms with Crippen LogP contribution in [0.1, 0.15) is 12.8 Å². The average molecular weight is 289 g/mol. The molecule has 114 valence electrons. The lowest BCUT2D eigenvalue weighted by Gasteiger charge is -2.36. The summed E-state index contributed by atoms with van der Waals surface area (Å²) in [6.07, 6.45) is 2.61. The number of nitrogens with zero attached hydrogens (tertiary/aromatic N) is 2. The number of piperazine rings is 1. The van der Waals surface area contributed by atoms with Crippen LogP contribution < -0.4 is 10.2 Å². The number of nitrogens with one attached hydrogen (secondary N) is 1. The van der Waals surface area contributed by atoms with Crippen molar-refractivity contribution in [1.82, 2.24) is 10.2 Å². The Morgan fingerprint density at radius 3 is 2.57 bits per heavy atom.